The summed E-state index contributed by atoms with van der Waals surface area (Å²) in [4.78, 5) is 17.7. The Labute approximate surface area is 189 Å². The highest BCUT2D eigenvalue weighted by Crippen LogP contribution is 2.27. The number of hydrogen-bond donors (Lipinski definition) is 1. The highest BCUT2D eigenvalue weighted by atomic mass is 32.1. The molecule has 0 saturated carbocycles. The van der Waals surface area contributed by atoms with Gasteiger partial charge in [-0.2, -0.15) is 5.10 Å². The molecule has 0 saturated heterocycles. The molecule has 1 N–H and O–H groups in total. The summed E-state index contributed by atoms with van der Waals surface area (Å²) in [5.41, 5.74) is 3.44. The van der Waals surface area contributed by atoms with E-state index in [1.54, 1.807) is 19.2 Å². The molecule has 0 spiro atoms. The van der Waals surface area contributed by atoms with Gasteiger partial charge in [-0.25, -0.2) is 9.37 Å². The summed E-state index contributed by atoms with van der Waals surface area (Å²) in [6.07, 6.45) is 2.77. The maximum atomic E-state index is 13.0. The second-order valence-corrected chi connectivity index (χ2v) is 8.30. The van der Waals surface area contributed by atoms with Gasteiger partial charge in [0, 0.05) is 19.3 Å². The Hall–Kier alpha value is -3.52. The Morgan fingerprint density at radius 2 is 1.81 bits per heavy atom. The van der Waals surface area contributed by atoms with E-state index in [1.165, 1.54) is 29.0 Å². The van der Waals surface area contributed by atoms with Crippen LogP contribution >= 0.6 is 11.3 Å². The Kier molecular flexibility index (Phi) is 6.61. The highest BCUT2D eigenvalue weighted by Gasteiger charge is 2.17. The standard InChI is InChI=1S/C24H23FN4O2S/c1-16-22(23(30)26-15-18-3-7-19(25)8-4-18)32-24(27-16)21-12-14-29(28-21)13-11-17-5-9-20(31-2)10-6-17/h3-10,12,14H,11,13,15H2,1-2H3,(H,26,30). The van der Waals surface area contributed by atoms with Crippen molar-refractivity contribution in [1.29, 1.82) is 0 Å². The van der Waals surface area contributed by atoms with Gasteiger partial charge >= 0.3 is 0 Å². The first-order valence-electron chi connectivity index (χ1n) is 10.2. The second-order valence-electron chi connectivity index (χ2n) is 7.30. The molecule has 6 nitrogen and oxygen atoms in total. The monoisotopic (exact) mass is 450 g/mol. The van der Waals surface area contributed by atoms with Gasteiger partial charge in [-0.3, -0.25) is 9.48 Å². The Bertz CT molecular complexity index is 1200. The highest BCUT2D eigenvalue weighted by molar-refractivity contribution is 7.17. The molecule has 2 heterocycles. The van der Waals surface area contributed by atoms with Crippen LogP contribution in [-0.2, 0) is 19.5 Å². The molecule has 4 aromatic rings. The fraction of sp³-hybridized carbons (Fsp3) is 0.208. The number of aromatic nitrogens is 3. The third kappa shape index (κ3) is 5.20. The van der Waals surface area contributed by atoms with E-state index in [4.69, 9.17) is 4.74 Å². The summed E-state index contributed by atoms with van der Waals surface area (Å²) in [6.45, 7) is 2.88. The first-order valence-corrected chi connectivity index (χ1v) is 11.0. The van der Waals surface area contributed by atoms with Crippen molar-refractivity contribution in [2.45, 2.75) is 26.4 Å². The molecule has 0 aliphatic carbocycles. The van der Waals surface area contributed by atoms with Gasteiger partial charge in [0.05, 0.1) is 12.8 Å². The van der Waals surface area contributed by atoms with Gasteiger partial charge in [0.2, 0.25) is 0 Å². The summed E-state index contributed by atoms with van der Waals surface area (Å²) in [5.74, 6) is 0.341. The SMILES string of the molecule is COc1ccc(CCn2ccc(-c3nc(C)c(C(=O)NCc4ccc(F)cc4)s3)n2)cc1. The fourth-order valence-electron chi connectivity index (χ4n) is 3.22. The van der Waals surface area contributed by atoms with Gasteiger partial charge in [-0.05, 0) is 54.8 Å². The van der Waals surface area contributed by atoms with Crippen molar-refractivity contribution >= 4 is 17.2 Å². The number of nitrogens with one attached hydrogen (secondary N) is 1. The lowest BCUT2D eigenvalue weighted by atomic mass is 10.1. The molecule has 0 atom stereocenters. The zero-order chi connectivity index (χ0) is 22.5. The molecule has 4 rings (SSSR count). The lowest BCUT2D eigenvalue weighted by molar-refractivity contribution is 0.0954. The smallest absolute Gasteiger partial charge is 0.263 e. The molecular weight excluding hydrogens is 427 g/mol. The van der Waals surface area contributed by atoms with Crippen molar-refractivity contribution in [3.63, 3.8) is 0 Å². The van der Waals surface area contributed by atoms with Crippen LogP contribution in [0.2, 0.25) is 0 Å². The van der Waals surface area contributed by atoms with E-state index < -0.39 is 0 Å². The number of halogens is 1. The maximum Gasteiger partial charge on any atom is 0.263 e. The van der Waals surface area contributed by atoms with Crippen molar-refractivity contribution < 1.29 is 13.9 Å². The third-order valence-electron chi connectivity index (χ3n) is 5.02. The van der Waals surface area contributed by atoms with Crippen LogP contribution in [0.25, 0.3) is 10.7 Å². The Balaban J connectivity index is 1.38. The number of ether oxygens (including phenoxy) is 1. The van der Waals surface area contributed by atoms with Crippen molar-refractivity contribution in [2.24, 2.45) is 0 Å². The molecule has 2 aromatic carbocycles. The van der Waals surface area contributed by atoms with E-state index in [9.17, 15) is 9.18 Å². The molecule has 164 valence electrons. The van der Waals surface area contributed by atoms with E-state index in [0.29, 0.717) is 22.1 Å². The van der Waals surface area contributed by atoms with Crippen LogP contribution in [0.1, 0.15) is 26.5 Å². The molecule has 32 heavy (non-hydrogen) atoms. The lowest BCUT2D eigenvalue weighted by Crippen LogP contribution is -2.22. The predicted octanol–water partition coefficient (Wildman–Crippen LogP) is 4.64. The van der Waals surface area contributed by atoms with E-state index in [-0.39, 0.29) is 11.7 Å². The number of aryl methyl sites for hydroxylation is 3. The van der Waals surface area contributed by atoms with Crippen LogP contribution in [-0.4, -0.2) is 27.8 Å². The summed E-state index contributed by atoms with van der Waals surface area (Å²) in [6, 6.07) is 16.0. The molecule has 0 aliphatic heterocycles. The van der Waals surface area contributed by atoms with Gasteiger partial charge in [0.15, 0.2) is 0 Å². The summed E-state index contributed by atoms with van der Waals surface area (Å²) >= 11 is 1.32. The zero-order valence-corrected chi connectivity index (χ0v) is 18.7. The van der Waals surface area contributed by atoms with Crippen LogP contribution in [0.3, 0.4) is 0 Å². The summed E-state index contributed by atoms with van der Waals surface area (Å²) in [5, 5.41) is 8.19. The molecule has 1 amide bonds. The molecule has 0 fully saturated rings. The van der Waals surface area contributed by atoms with Crippen LogP contribution in [0.15, 0.2) is 60.8 Å². The number of thiazole rings is 1. The number of carbonyl (C=O) groups excluding carboxylic acids is 1. The molecule has 0 bridgehead atoms. The molecular formula is C24H23FN4O2S. The van der Waals surface area contributed by atoms with E-state index in [0.717, 1.165) is 30.0 Å². The van der Waals surface area contributed by atoms with Gasteiger partial charge in [0.25, 0.3) is 5.91 Å². The molecule has 2 aromatic heterocycles. The molecule has 8 heteroatoms. The molecule has 0 aliphatic rings. The molecule has 0 radical (unpaired) electrons. The minimum Gasteiger partial charge on any atom is -0.497 e. The summed E-state index contributed by atoms with van der Waals surface area (Å²) in [7, 11) is 1.65. The topological polar surface area (TPSA) is 69.0 Å². The van der Waals surface area contributed by atoms with Gasteiger partial charge < -0.3 is 10.1 Å². The largest absolute Gasteiger partial charge is 0.497 e. The first-order chi connectivity index (χ1) is 15.5. The van der Waals surface area contributed by atoms with E-state index in [2.05, 4.69) is 15.4 Å². The minimum absolute atomic E-state index is 0.200. The van der Waals surface area contributed by atoms with Gasteiger partial charge in [-0.15, -0.1) is 11.3 Å². The number of amides is 1. The lowest BCUT2D eigenvalue weighted by Gasteiger charge is -2.04. The van der Waals surface area contributed by atoms with Crippen LogP contribution in [0.5, 0.6) is 5.75 Å². The Morgan fingerprint density at radius 3 is 2.53 bits per heavy atom. The molecule has 0 unspecified atom stereocenters. The van der Waals surface area contributed by atoms with Crippen LogP contribution < -0.4 is 10.1 Å². The zero-order valence-electron chi connectivity index (χ0n) is 17.8. The number of benzene rings is 2. The van der Waals surface area contributed by atoms with E-state index in [1.807, 2.05) is 48.1 Å². The van der Waals surface area contributed by atoms with Crippen molar-refractivity contribution in [1.82, 2.24) is 20.1 Å². The average molecular weight is 451 g/mol. The van der Waals surface area contributed by atoms with Crippen LogP contribution in [0.4, 0.5) is 4.39 Å². The first kappa shape index (κ1) is 21.7. The van der Waals surface area contributed by atoms with Crippen molar-refractivity contribution in [2.75, 3.05) is 7.11 Å². The van der Waals surface area contributed by atoms with Crippen molar-refractivity contribution in [3.05, 3.63) is 88.3 Å². The average Bonchev–Trinajstić information content (AvgIpc) is 3.44. The predicted molar refractivity (Wildman–Crippen MR) is 122 cm³/mol. The van der Waals surface area contributed by atoms with Crippen LogP contribution in [0, 0.1) is 12.7 Å². The van der Waals surface area contributed by atoms with Crippen molar-refractivity contribution in [3.8, 4) is 16.5 Å². The van der Waals surface area contributed by atoms with Gasteiger partial charge in [0.1, 0.15) is 27.1 Å². The normalized spacial score (nSPS) is 10.8. The number of carbonyl (C=O) groups is 1. The quantitative estimate of drug-likeness (QED) is 0.425. The number of methoxy groups -OCH3 is 1. The number of hydrogen-bond acceptors (Lipinski definition) is 5. The fourth-order valence-corrected chi connectivity index (χ4v) is 4.17. The Morgan fingerprint density at radius 1 is 1.09 bits per heavy atom. The number of nitrogens with zero attached hydrogens (tertiary/aromatic N) is 3. The second kappa shape index (κ2) is 9.74. The minimum atomic E-state index is -0.300. The van der Waals surface area contributed by atoms with Gasteiger partial charge in [-0.1, -0.05) is 24.3 Å². The third-order valence-corrected chi connectivity index (χ3v) is 6.20. The summed E-state index contributed by atoms with van der Waals surface area (Å²) < 4.78 is 20.1. The maximum absolute atomic E-state index is 13.0. The number of rotatable bonds is 8. The van der Waals surface area contributed by atoms with E-state index >= 15 is 0 Å².